The summed E-state index contributed by atoms with van der Waals surface area (Å²) < 4.78 is 6.29. The maximum atomic E-state index is 12.7. The summed E-state index contributed by atoms with van der Waals surface area (Å²) in [6.45, 7) is 12.6. The molecule has 0 bridgehead atoms. The summed E-state index contributed by atoms with van der Waals surface area (Å²) in [5.41, 5.74) is 0.406. The smallest absolute Gasteiger partial charge is 0.225 e. The van der Waals surface area contributed by atoms with Crippen LogP contribution < -0.4 is 0 Å². The molecule has 5 heteroatoms. The first-order chi connectivity index (χ1) is 14.8. The molecule has 2 spiro atoms. The van der Waals surface area contributed by atoms with E-state index in [4.69, 9.17) is 4.74 Å². The Balaban J connectivity index is 1.24. The van der Waals surface area contributed by atoms with E-state index in [1.807, 2.05) is 20.8 Å². The normalized spacial score (nSPS) is 34.7. The maximum absolute atomic E-state index is 12.7. The Bertz CT molecular complexity index is 652. The number of piperidine rings is 1. The summed E-state index contributed by atoms with van der Waals surface area (Å²) in [5, 5.41) is 0. The van der Waals surface area contributed by atoms with Crippen molar-refractivity contribution in [3.63, 3.8) is 0 Å². The number of morpholine rings is 1. The van der Waals surface area contributed by atoms with Gasteiger partial charge in [0.1, 0.15) is 5.78 Å². The first kappa shape index (κ1) is 23.2. The van der Waals surface area contributed by atoms with Gasteiger partial charge in [-0.1, -0.05) is 27.7 Å². The number of ether oxygens (including phenoxy) is 1. The van der Waals surface area contributed by atoms with Gasteiger partial charge < -0.3 is 14.5 Å². The zero-order valence-corrected chi connectivity index (χ0v) is 20.3. The fourth-order valence-corrected chi connectivity index (χ4v) is 6.71. The minimum Gasteiger partial charge on any atom is -0.371 e. The van der Waals surface area contributed by atoms with Crippen molar-refractivity contribution in [2.24, 2.45) is 23.2 Å². The second kappa shape index (κ2) is 9.13. The molecule has 2 saturated heterocycles. The van der Waals surface area contributed by atoms with Gasteiger partial charge in [0, 0.05) is 50.0 Å². The van der Waals surface area contributed by atoms with Crippen molar-refractivity contribution in [3.05, 3.63) is 0 Å². The van der Waals surface area contributed by atoms with E-state index < -0.39 is 0 Å². The molecule has 2 aliphatic heterocycles. The lowest BCUT2D eigenvalue weighted by Gasteiger charge is -2.57. The number of rotatable bonds is 5. The number of hydrogen-bond acceptors (Lipinski definition) is 4. The van der Waals surface area contributed by atoms with Crippen LogP contribution in [0, 0.1) is 23.2 Å². The van der Waals surface area contributed by atoms with Crippen molar-refractivity contribution in [1.82, 2.24) is 9.80 Å². The van der Waals surface area contributed by atoms with E-state index >= 15 is 0 Å². The maximum Gasteiger partial charge on any atom is 0.225 e. The molecule has 0 N–H and O–H groups in total. The van der Waals surface area contributed by atoms with Crippen LogP contribution in [-0.4, -0.2) is 65.9 Å². The van der Waals surface area contributed by atoms with Gasteiger partial charge in [-0.3, -0.25) is 9.59 Å². The largest absolute Gasteiger partial charge is 0.371 e. The number of nitrogens with zero attached hydrogens (tertiary/aromatic N) is 2. The van der Waals surface area contributed by atoms with Crippen LogP contribution in [0.4, 0.5) is 0 Å². The van der Waals surface area contributed by atoms with Gasteiger partial charge in [0.25, 0.3) is 0 Å². The summed E-state index contributed by atoms with van der Waals surface area (Å²) in [6.07, 6.45) is 10.4. The molecule has 0 aromatic heterocycles. The zero-order chi connectivity index (χ0) is 22.2. The molecule has 4 fully saturated rings. The Morgan fingerprint density at radius 3 is 2.23 bits per heavy atom. The molecule has 2 heterocycles. The van der Waals surface area contributed by atoms with Crippen LogP contribution in [0.2, 0.25) is 0 Å². The van der Waals surface area contributed by atoms with Gasteiger partial charge in [0.2, 0.25) is 5.91 Å². The molecule has 4 rings (SSSR count). The van der Waals surface area contributed by atoms with E-state index in [0.29, 0.717) is 29.6 Å². The lowest BCUT2D eigenvalue weighted by atomic mass is 9.56. The molecule has 31 heavy (non-hydrogen) atoms. The van der Waals surface area contributed by atoms with Crippen molar-refractivity contribution >= 4 is 11.7 Å². The third-order valence-electron chi connectivity index (χ3n) is 9.17. The van der Waals surface area contributed by atoms with E-state index in [-0.39, 0.29) is 17.4 Å². The minimum atomic E-state index is -0.116. The van der Waals surface area contributed by atoms with Crippen LogP contribution in [0.3, 0.4) is 0 Å². The van der Waals surface area contributed by atoms with E-state index in [0.717, 1.165) is 64.3 Å². The van der Waals surface area contributed by atoms with Crippen LogP contribution in [0.25, 0.3) is 0 Å². The van der Waals surface area contributed by atoms with Crippen molar-refractivity contribution in [2.45, 2.75) is 97.1 Å². The summed E-state index contributed by atoms with van der Waals surface area (Å²) in [6, 6.07) is 0.719. The standard InChI is InChI=1S/C26H44N2O3/c1-5-20(4)24(30)28-14-15-31-26(18-28)10-12-27(13-11-26)22-16-25(17-22)8-6-21(7-9-25)23(29)19(2)3/h19-22H,5-18H2,1-4H3. The number of ketones is 1. The molecule has 1 unspecified atom stereocenters. The Morgan fingerprint density at radius 1 is 1.00 bits per heavy atom. The number of hydrogen-bond donors (Lipinski definition) is 0. The highest BCUT2D eigenvalue weighted by atomic mass is 16.5. The topological polar surface area (TPSA) is 49.9 Å². The number of Topliss-reactive ketones (excluding diaryl/α,β-unsaturated/α-hetero) is 1. The van der Waals surface area contributed by atoms with Crippen molar-refractivity contribution in [2.75, 3.05) is 32.8 Å². The highest BCUT2D eigenvalue weighted by molar-refractivity contribution is 5.82. The third-order valence-corrected chi connectivity index (χ3v) is 9.17. The summed E-state index contributed by atoms with van der Waals surface area (Å²) in [7, 11) is 0. The van der Waals surface area contributed by atoms with Crippen LogP contribution in [0.15, 0.2) is 0 Å². The van der Waals surface area contributed by atoms with Gasteiger partial charge in [-0.25, -0.2) is 0 Å². The first-order valence-electron chi connectivity index (χ1n) is 13.0. The van der Waals surface area contributed by atoms with Gasteiger partial charge in [0.15, 0.2) is 0 Å². The van der Waals surface area contributed by atoms with Gasteiger partial charge >= 0.3 is 0 Å². The highest BCUT2D eigenvalue weighted by Crippen LogP contribution is 2.55. The fourth-order valence-electron chi connectivity index (χ4n) is 6.71. The third kappa shape index (κ3) is 4.73. The minimum absolute atomic E-state index is 0.116. The molecule has 0 radical (unpaired) electrons. The summed E-state index contributed by atoms with van der Waals surface area (Å²) in [5.74, 6) is 1.42. The Hall–Kier alpha value is -0.940. The van der Waals surface area contributed by atoms with E-state index in [2.05, 4.69) is 16.7 Å². The molecule has 5 nitrogen and oxygen atoms in total. The van der Waals surface area contributed by atoms with Gasteiger partial charge in [-0.15, -0.1) is 0 Å². The Morgan fingerprint density at radius 2 is 1.65 bits per heavy atom. The molecule has 4 aliphatic rings. The predicted molar refractivity (Wildman–Crippen MR) is 123 cm³/mol. The fraction of sp³-hybridized carbons (Fsp3) is 0.923. The molecule has 0 aromatic carbocycles. The first-order valence-corrected chi connectivity index (χ1v) is 13.0. The van der Waals surface area contributed by atoms with E-state index in [1.165, 1.54) is 25.7 Å². The van der Waals surface area contributed by atoms with Gasteiger partial charge in [-0.2, -0.15) is 0 Å². The van der Waals surface area contributed by atoms with Crippen molar-refractivity contribution in [1.29, 1.82) is 0 Å². The Labute approximate surface area is 189 Å². The average molecular weight is 433 g/mol. The quantitative estimate of drug-likeness (QED) is 0.650. The van der Waals surface area contributed by atoms with Crippen LogP contribution in [-0.2, 0) is 14.3 Å². The van der Waals surface area contributed by atoms with E-state index in [1.54, 1.807) is 0 Å². The van der Waals surface area contributed by atoms with Gasteiger partial charge in [-0.05, 0) is 63.2 Å². The number of carbonyl (C=O) groups excluding carboxylic acids is 2. The highest BCUT2D eigenvalue weighted by Gasteiger charge is 2.50. The van der Waals surface area contributed by atoms with Crippen LogP contribution in [0.1, 0.15) is 85.5 Å². The summed E-state index contributed by atoms with van der Waals surface area (Å²) in [4.78, 5) is 29.8. The lowest BCUT2D eigenvalue weighted by molar-refractivity contribution is -0.167. The average Bonchev–Trinajstić information content (AvgIpc) is 2.76. The lowest BCUT2D eigenvalue weighted by Crippen LogP contribution is -2.61. The number of likely N-dealkylation sites (tertiary alicyclic amines) is 1. The SMILES string of the molecule is CCC(C)C(=O)N1CCOC2(CCN(C3CC4(CCC(C(=O)C(C)C)CC4)C3)CC2)C1. The van der Waals surface area contributed by atoms with Crippen molar-refractivity contribution in [3.8, 4) is 0 Å². The molecule has 0 aromatic rings. The van der Waals surface area contributed by atoms with Crippen LogP contribution >= 0.6 is 0 Å². The number of carbonyl (C=O) groups is 2. The predicted octanol–water partition coefficient (Wildman–Crippen LogP) is 4.29. The monoisotopic (exact) mass is 432 g/mol. The molecular formula is C26H44N2O3. The van der Waals surface area contributed by atoms with E-state index in [9.17, 15) is 9.59 Å². The van der Waals surface area contributed by atoms with Crippen molar-refractivity contribution < 1.29 is 14.3 Å². The second-order valence-corrected chi connectivity index (χ2v) is 11.5. The molecule has 2 saturated carbocycles. The second-order valence-electron chi connectivity index (χ2n) is 11.5. The number of amides is 1. The van der Waals surface area contributed by atoms with Gasteiger partial charge in [0.05, 0.1) is 12.2 Å². The molecule has 2 aliphatic carbocycles. The molecular weight excluding hydrogens is 388 g/mol. The van der Waals surface area contributed by atoms with Crippen LogP contribution in [0.5, 0.6) is 0 Å². The summed E-state index contributed by atoms with van der Waals surface area (Å²) >= 11 is 0. The zero-order valence-electron chi connectivity index (χ0n) is 20.3. The molecule has 176 valence electrons. The molecule has 1 amide bonds. The Kier molecular flexibility index (Phi) is 6.84. The molecule has 1 atom stereocenters.